The molecule has 0 spiro atoms. The number of benzene rings is 1. The Morgan fingerprint density at radius 2 is 2.06 bits per heavy atom. The Balaban J connectivity index is 2.67. The molecule has 0 fully saturated rings. The van der Waals surface area contributed by atoms with Crippen LogP contribution in [0.25, 0.3) is 0 Å². The fourth-order valence-corrected chi connectivity index (χ4v) is 2.83. The summed E-state index contributed by atoms with van der Waals surface area (Å²) in [7, 11) is 1.09. The van der Waals surface area contributed by atoms with E-state index in [1.807, 2.05) is 0 Å². The van der Waals surface area contributed by atoms with E-state index in [0.717, 1.165) is 7.11 Å². The van der Waals surface area contributed by atoms with Crippen molar-refractivity contribution in [2.75, 3.05) is 7.11 Å². The number of halogens is 4. The summed E-state index contributed by atoms with van der Waals surface area (Å²) in [5.41, 5.74) is -1.54. The number of ether oxygens (including phenoxy) is 1. The molecule has 0 amide bonds. The van der Waals surface area contributed by atoms with Crippen molar-refractivity contribution < 1.29 is 17.9 Å². The van der Waals surface area contributed by atoms with Crippen molar-refractivity contribution in [1.82, 2.24) is 0 Å². The van der Waals surface area contributed by atoms with Crippen LogP contribution >= 0.6 is 11.6 Å². The topological polar surface area (TPSA) is 9.23 Å². The minimum atomic E-state index is -4.46. The van der Waals surface area contributed by atoms with Crippen LogP contribution in [-0.4, -0.2) is 13.3 Å². The summed E-state index contributed by atoms with van der Waals surface area (Å²) in [5.74, 6) is 0. The summed E-state index contributed by atoms with van der Waals surface area (Å²) in [6.07, 6.45) is -3.48. The van der Waals surface area contributed by atoms with Gasteiger partial charge in [-0.1, -0.05) is 23.7 Å². The van der Waals surface area contributed by atoms with Crippen LogP contribution in [0, 0.1) is 0 Å². The van der Waals surface area contributed by atoms with Gasteiger partial charge in [-0.05, 0) is 30.9 Å². The van der Waals surface area contributed by atoms with Gasteiger partial charge in [-0.3, -0.25) is 0 Å². The molecule has 0 radical (unpaired) electrons. The molecule has 17 heavy (non-hydrogen) atoms. The second kappa shape index (κ2) is 4.18. The number of hydrogen-bond donors (Lipinski definition) is 0. The summed E-state index contributed by atoms with van der Waals surface area (Å²) in [6.45, 7) is 0. The maximum atomic E-state index is 13.3. The number of rotatable bonds is 1. The third-order valence-electron chi connectivity index (χ3n) is 3.29. The molecule has 0 heterocycles. The molecule has 0 saturated carbocycles. The Labute approximate surface area is 103 Å². The zero-order valence-electron chi connectivity index (χ0n) is 9.27. The first-order valence-electron chi connectivity index (χ1n) is 5.32. The molecule has 1 unspecified atom stereocenters. The lowest BCUT2D eigenvalue weighted by Gasteiger charge is -2.39. The second-order valence-electron chi connectivity index (χ2n) is 4.16. The Kier molecular flexibility index (Phi) is 3.12. The molecular formula is C12H12ClF3O. The Morgan fingerprint density at radius 1 is 1.35 bits per heavy atom. The number of aryl methyl sites for hydroxylation is 1. The van der Waals surface area contributed by atoms with Crippen LogP contribution < -0.4 is 0 Å². The molecule has 1 nitrogen and oxygen atoms in total. The van der Waals surface area contributed by atoms with E-state index in [0.29, 0.717) is 18.4 Å². The summed E-state index contributed by atoms with van der Waals surface area (Å²) in [4.78, 5) is 0. The first kappa shape index (κ1) is 12.7. The van der Waals surface area contributed by atoms with Crippen molar-refractivity contribution >= 4 is 11.6 Å². The summed E-state index contributed by atoms with van der Waals surface area (Å²) >= 11 is 5.93. The number of alkyl halides is 3. The van der Waals surface area contributed by atoms with E-state index < -0.39 is 11.8 Å². The van der Waals surface area contributed by atoms with Gasteiger partial charge >= 0.3 is 6.18 Å². The zero-order chi connectivity index (χ0) is 12.7. The lowest BCUT2D eigenvalue weighted by molar-refractivity contribution is -0.281. The van der Waals surface area contributed by atoms with Gasteiger partial charge in [-0.25, -0.2) is 0 Å². The maximum Gasteiger partial charge on any atom is 0.421 e. The van der Waals surface area contributed by atoms with Gasteiger partial charge in [-0.15, -0.1) is 0 Å². The van der Waals surface area contributed by atoms with Crippen LogP contribution in [0.5, 0.6) is 0 Å². The molecule has 0 N–H and O–H groups in total. The molecule has 1 aliphatic carbocycles. The fraction of sp³-hybridized carbons (Fsp3) is 0.500. The number of methoxy groups -OCH3 is 1. The van der Waals surface area contributed by atoms with Crippen molar-refractivity contribution in [2.45, 2.75) is 31.0 Å². The summed E-state index contributed by atoms with van der Waals surface area (Å²) in [6, 6.07) is 4.83. The van der Waals surface area contributed by atoms with Crippen molar-refractivity contribution in [2.24, 2.45) is 0 Å². The van der Waals surface area contributed by atoms with Gasteiger partial charge in [0, 0.05) is 17.7 Å². The Bertz CT molecular complexity index is 430. The molecule has 0 saturated heterocycles. The molecule has 1 atom stereocenters. The molecule has 94 valence electrons. The third kappa shape index (κ3) is 1.83. The summed E-state index contributed by atoms with van der Waals surface area (Å²) in [5, 5.41) is 0.126. The van der Waals surface area contributed by atoms with Gasteiger partial charge in [0.2, 0.25) is 0 Å². The number of hydrogen-bond acceptors (Lipinski definition) is 1. The predicted molar refractivity (Wildman–Crippen MR) is 59.1 cm³/mol. The van der Waals surface area contributed by atoms with Gasteiger partial charge in [0.25, 0.3) is 0 Å². The monoisotopic (exact) mass is 264 g/mol. The molecule has 1 aliphatic rings. The standard InChI is InChI=1S/C12H12ClF3O/c1-17-11(12(14,15)16)7-3-5-8-4-2-6-9(13)10(8)11/h2,4,6H,3,5,7H2,1H3. The highest BCUT2D eigenvalue weighted by Gasteiger charge is 2.58. The normalized spacial score (nSPS) is 24.5. The first-order valence-corrected chi connectivity index (χ1v) is 5.70. The SMILES string of the molecule is COC1(C(F)(F)F)CCCc2cccc(Cl)c21. The van der Waals surface area contributed by atoms with Crippen LogP contribution in [0.15, 0.2) is 18.2 Å². The Morgan fingerprint density at radius 3 is 2.65 bits per heavy atom. The van der Waals surface area contributed by atoms with Gasteiger partial charge < -0.3 is 4.74 Å². The largest absolute Gasteiger partial charge is 0.421 e. The molecule has 5 heteroatoms. The molecule has 0 bridgehead atoms. The molecular weight excluding hydrogens is 253 g/mol. The van der Waals surface area contributed by atoms with Gasteiger partial charge in [0.05, 0.1) is 0 Å². The second-order valence-corrected chi connectivity index (χ2v) is 4.56. The third-order valence-corrected chi connectivity index (χ3v) is 3.60. The predicted octanol–water partition coefficient (Wildman–Crippen LogP) is 4.08. The van der Waals surface area contributed by atoms with Crippen LogP contribution in [0.3, 0.4) is 0 Å². The maximum absolute atomic E-state index is 13.3. The minimum Gasteiger partial charge on any atom is -0.364 e. The quantitative estimate of drug-likeness (QED) is 0.743. The molecule has 0 aliphatic heterocycles. The van der Waals surface area contributed by atoms with E-state index in [2.05, 4.69) is 0 Å². The van der Waals surface area contributed by atoms with E-state index in [1.54, 1.807) is 12.1 Å². The number of fused-ring (bicyclic) bond motifs is 1. The van der Waals surface area contributed by atoms with Crippen LogP contribution in [0.4, 0.5) is 13.2 Å². The fourth-order valence-electron chi connectivity index (χ4n) is 2.49. The smallest absolute Gasteiger partial charge is 0.364 e. The van der Waals surface area contributed by atoms with Crippen molar-refractivity contribution in [1.29, 1.82) is 0 Å². The van der Waals surface area contributed by atoms with Gasteiger partial charge in [-0.2, -0.15) is 13.2 Å². The van der Waals surface area contributed by atoms with E-state index >= 15 is 0 Å². The average molecular weight is 265 g/mol. The van der Waals surface area contributed by atoms with Gasteiger partial charge in [0.1, 0.15) is 0 Å². The van der Waals surface area contributed by atoms with Crippen molar-refractivity contribution in [3.63, 3.8) is 0 Å². The lowest BCUT2D eigenvalue weighted by atomic mass is 9.78. The van der Waals surface area contributed by atoms with Gasteiger partial charge in [0.15, 0.2) is 5.60 Å². The average Bonchev–Trinajstić information content (AvgIpc) is 2.27. The molecule has 1 aromatic carbocycles. The molecule has 0 aromatic heterocycles. The highest BCUT2D eigenvalue weighted by atomic mass is 35.5. The first-order chi connectivity index (χ1) is 7.92. The van der Waals surface area contributed by atoms with Crippen LogP contribution in [0.1, 0.15) is 24.0 Å². The van der Waals surface area contributed by atoms with Crippen LogP contribution in [-0.2, 0) is 16.8 Å². The van der Waals surface area contributed by atoms with E-state index in [4.69, 9.17) is 16.3 Å². The van der Waals surface area contributed by atoms with E-state index in [9.17, 15) is 13.2 Å². The minimum absolute atomic E-state index is 0.0796. The Hall–Kier alpha value is -0.740. The molecule has 2 rings (SSSR count). The lowest BCUT2D eigenvalue weighted by Crippen LogP contribution is -2.46. The summed E-state index contributed by atoms with van der Waals surface area (Å²) < 4.78 is 44.7. The zero-order valence-corrected chi connectivity index (χ0v) is 10.0. The van der Waals surface area contributed by atoms with Crippen LogP contribution in [0.2, 0.25) is 5.02 Å². The van der Waals surface area contributed by atoms with E-state index in [-0.39, 0.29) is 17.0 Å². The van der Waals surface area contributed by atoms with E-state index in [1.165, 1.54) is 6.07 Å². The highest BCUT2D eigenvalue weighted by molar-refractivity contribution is 6.31. The molecule has 1 aromatic rings. The highest BCUT2D eigenvalue weighted by Crippen LogP contribution is 2.51. The van der Waals surface area contributed by atoms with Crippen molar-refractivity contribution in [3.05, 3.63) is 34.3 Å². The van der Waals surface area contributed by atoms with Crippen molar-refractivity contribution in [3.8, 4) is 0 Å².